The molecule has 1 aromatic heterocycles. The van der Waals surface area contributed by atoms with E-state index < -0.39 is 11.9 Å². The van der Waals surface area contributed by atoms with Gasteiger partial charge in [-0.1, -0.05) is 30.3 Å². The number of benzene rings is 2. The molecule has 0 aliphatic carbocycles. The highest BCUT2D eigenvalue weighted by Crippen LogP contribution is 2.31. The Bertz CT molecular complexity index is 1110. The maximum absolute atomic E-state index is 13.0. The van der Waals surface area contributed by atoms with Gasteiger partial charge in [-0.15, -0.1) is 11.3 Å². The average molecular weight is 436 g/mol. The smallest absolute Gasteiger partial charge is 0.255 e. The maximum atomic E-state index is 13.0. The number of amides is 1. The van der Waals surface area contributed by atoms with Crippen LogP contribution in [0, 0.1) is 12.3 Å². The number of hydrogen-bond donors (Lipinski definition) is 4. The molecule has 0 saturated heterocycles. The van der Waals surface area contributed by atoms with Crippen LogP contribution in [-0.2, 0) is 0 Å². The van der Waals surface area contributed by atoms with Gasteiger partial charge in [0.2, 0.25) is 0 Å². The summed E-state index contributed by atoms with van der Waals surface area (Å²) >= 11 is 1.58. The number of allylic oxidation sites excluding steroid dienone is 1. The Labute approximate surface area is 185 Å². The van der Waals surface area contributed by atoms with E-state index in [0.29, 0.717) is 11.3 Å². The first-order chi connectivity index (χ1) is 15.0. The molecule has 6 nitrogen and oxygen atoms in total. The molecular formula is C24H25N3O3S. The summed E-state index contributed by atoms with van der Waals surface area (Å²) < 4.78 is 5.51. The van der Waals surface area contributed by atoms with E-state index in [1.54, 1.807) is 29.5 Å². The summed E-state index contributed by atoms with van der Waals surface area (Å²) in [6.07, 6.45) is 3.50. The van der Waals surface area contributed by atoms with E-state index in [4.69, 9.17) is 15.9 Å². The summed E-state index contributed by atoms with van der Waals surface area (Å²) in [7, 11) is 1.44. The Balaban J connectivity index is 1.91. The lowest BCUT2D eigenvalue weighted by molar-refractivity contribution is 0.0913. The van der Waals surface area contributed by atoms with Crippen molar-refractivity contribution in [2.75, 3.05) is 19.5 Å². The van der Waals surface area contributed by atoms with E-state index in [0.717, 1.165) is 16.0 Å². The molecular weight excluding hydrogens is 410 g/mol. The van der Waals surface area contributed by atoms with Crippen LogP contribution in [0.25, 0.3) is 6.08 Å². The van der Waals surface area contributed by atoms with E-state index in [2.05, 4.69) is 5.32 Å². The molecule has 0 aliphatic heterocycles. The maximum Gasteiger partial charge on any atom is 0.255 e. The first-order valence-corrected chi connectivity index (χ1v) is 10.6. The quantitative estimate of drug-likeness (QED) is 0.314. The van der Waals surface area contributed by atoms with E-state index in [1.165, 1.54) is 7.11 Å². The van der Waals surface area contributed by atoms with Crippen LogP contribution in [0.1, 0.15) is 38.0 Å². The van der Waals surface area contributed by atoms with E-state index >= 15 is 0 Å². The van der Waals surface area contributed by atoms with Crippen molar-refractivity contribution in [3.05, 3.63) is 87.1 Å². The van der Waals surface area contributed by atoms with Gasteiger partial charge in [0.25, 0.3) is 5.91 Å². The molecule has 0 radical (unpaired) electrons. The highest BCUT2D eigenvalue weighted by Gasteiger charge is 2.22. The molecule has 0 unspecified atom stereocenters. The topological polar surface area (TPSA) is 108 Å². The molecule has 1 heterocycles. The number of rotatable bonds is 8. The minimum Gasteiger partial charge on any atom is -0.495 e. The Kier molecular flexibility index (Phi) is 7.23. The second kappa shape index (κ2) is 10.1. The Morgan fingerprint density at radius 2 is 2.00 bits per heavy atom. The van der Waals surface area contributed by atoms with E-state index in [1.807, 2.05) is 54.8 Å². The average Bonchev–Trinajstić information content (AvgIpc) is 3.20. The Morgan fingerprint density at radius 3 is 2.61 bits per heavy atom. The molecule has 1 amide bonds. The van der Waals surface area contributed by atoms with Gasteiger partial charge in [0, 0.05) is 10.6 Å². The lowest BCUT2D eigenvalue weighted by atomic mass is 10.00. The number of anilines is 1. The third-order valence-electron chi connectivity index (χ3n) is 4.90. The zero-order valence-corrected chi connectivity index (χ0v) is 18.2. The van der Waals surface area contributed by atoms with E-state index in [9.17, 15) is 9.90 Å². The van der Waals surface area contributed by atoms with Crippen LogP contribution in [0.2, 0.25) is 0 Å². The number of nitrogens with one attached hydrogen (secondary N) is 2. The lowest BCUT2D eigenvalue weighted by Crippen LogP contribution is -2.31. The number of thiophene rings is 1. The third kappa shape index (κ3) is 5.02. The fourth-order valence-corrected chi connectivity index (χ4v) is 4.04. The van der Waals surface area contributed by atoms with Crippen LogP contribution < -0.4 is 15.8 Å². The molecule has 3 rings (SSSR count). The summed E-state index contributed by atoms with van der Waals surface area (Å²) in [6.45, 7) is 1.75. The number of carbonyl (C=O) groups is 1. The predicted molar refractivity (Wildman–Crippen MR) is 126 cm³/mol. The van der Waals surface area contributed by atoms with Crippen LogP contribution in [0.3, 0.4) is 0 Å². The summed E-state index contributed by atoms with van der Waals surface area (Å²) in [5.41, 5.74) is 9.12. The fourth-order valence-electron chi connectivity index (χ4n) is 3.22. The fraction of sp³-hybridized carbons (Fsp3) is 0.167. The number of aliphatic hydroxyl groups is 1. The summed E-state index contributed by atoms with van der Waals surface area (Å²) in [4.78, 5) is 14.1. The minimum atomic E-state index is -0.569. The number of hydrogen-bond acceptors (Lipinski definition) is 6. The van der Waals surface area contributed by atoms with Gasteiger partial charge in [-0.25, -0.2) is 0 Å². The number of nitrogens with two attached hydrogens (primary N) is 1. The number of methoxy groups -OCH3 is 1. The monoisotopic (exact) mass is 435 g/mol. The van der Waals surface area contributed by atoms with Crippen molar-refractivity contribution in [1.82, 2.24) is 5.32 Å². The normalized spacial score (nSPS) is 12.0. The number of aliphatic hydroxyl groups excluding tert-OH is 1. The molecule has 5 N–H and O–H groups in total. The van der Waals surface area contributed by atoms with Gasteiger partial charge >= 0.3 is 0 Å². The lowest BCUT2D eigenvalue weighted by Gasteiger charge is -2.19. The second-order valence-corrected chi connectivity index (χ2v) is 7.89. The van der Waals surface area contributed by atoms with Crippen LogP contribution in [0.5, 0.6) is 5.75 Å². The van der Waals surface area contributed by atoms with Crippen molar-refractivity contribution in [3.63, 3.8) is 0 Å². The first kappa shape index (κ1) is 22.3. The van der Waals surface area contributed by atoms with Gasteiger partial charge in [-0.2, -0.15) is 0 Å². The Morgan fingerprint density at radius 1 is 1.26 bits per heavy atom. The van der Waals surface area contributed by atoms with Crippen LogP contribution in [0.4, 0.5) is 5.69 Å². The van der Waals surface area contributed by atoms with E-state index in [-0.39, 0.29) is 23.6 Å². The molecule has 0 saturated carbocycles. The molecule has 2 aromatic carbocycles. The van der Waals surface area contributed by atoms with Crippen LogP contribution in [-0.4, -0.2) is 30.4 Å². The van der Waals surface area contributed by atoms with Gasteiger partial charge in [-0.05, 0) is 53.8 Å². The molecule has 0 bridgehead atoms. The molecule has 0 aliphatic rings. The van der Waals surface area contributed by atoms with Crippen molar-refractivity contribution in [1.29, 1.82) is 5.41 Å². The third-order valence-corrected chi connectivity index (χ3v) is 5.89. The Hall–Kier alpha value is -3.42. The van der Waals surface area contributed by atoms with Crippen molar-refractivity contribution in [2.24, 2.45) is 0 Å². The van der Waals surface area contributed by atoms with Gasteiger partial charge in [0.15, 0.2) is 0 Å². The van der Waals surface area contributed by atoms with Gasteiger partial charge < -0.3 is 26.3 Å². The summed E-state index contributed by atoms with van der Waals surface area (Å²) in [5.74, 6) is -0.202. The number of nitrogen functional groups attached to an aromatic ring is 1. The molecule has 7 heteroatoms. The van der Waals surface area contributed by atoms with Gasteiger partial charge in [-0.3, -0.25) is 4.79 Å². The molecule has 3 aromatic rings. The number of aryl methyl sites for hydroxylation is 1. The van der Waals surface area contributed by atoms with Gasteiger partial charge in [0.05, 0.1) is 36.6 Å². The number of ether oxygens (including phenoxy) is 1. The van der Waals surface area contributed by atoms with Crippen molar-refractivity contribution in [3.8, 4) is 5.75 Å². The largest absolute Gasteiger partial charge is 0.495 e. The molecule has 1 atom stereocenters. The molecule has 0 fully saturated rings. The second-order valence-electron chi connectivity index (χ2n) is 6.94. The predicted octanol–water partition coefficient (Wildman–Crippen LogP) is 4.19. The highest BCUT2D eigenvalue weighted by atomic mass is 32.1. The van der Waals surface area contributed by atoms with Gasteiger partial charge in [0.1, 0.15) is 5.75 Å². The van der Waals surface area contributed by atoms with Crippen LogP contribution >= 0.6 is 11.3 Å². The summed E-state index contributed by atoms with van der Waals surface area (Å²) in [5, 5.41) is 23.1. The zero-order valence-electron chi connectivity index (χ0n) is 17.4. The first-order valence-electron chi connectivity index (χ1n) is 9.70. The standard InChI is InChI=1S/C24H25N3O3S/c1-15-12-13-31-21(15)11-10-19(26)22-18(25)9-8-17(23(22)30-2)24(29)27-20(14-28)16-6-4-3-5-7-16/h3-13,20,26,28H,14,25H2,1-2H3,(H,27,29)/b11-10+,26-19?/t20-/m1/s1. The highest BCUT2D eigenvalue weighted by molar-refractivity contribution is 7.11. The number of carbonyl (C=O) groups excluding carboxylic acids is 1. The zero-order chi connectivity index (χ0) is 22.4. The molecule has 160 valence electrons. The van der Waals surface area contributed by atoms with Crippen molar-refractivity contribution >= 4 is 34.7 Å². The van der Waals surface area contributed by atoms with Crippen molar-refractivity contribution in [2.45, 2.75) is 13.0 Å². The minimum absolute atomic E-state index is 0.138. The molecule has 0 spiro atoms. The SMILES string of the molecule is COc1c(C(=O)N[C@H](CO)c2ccccc2)ccc(N)c1C(=N)/C=C/c1sccc1C. The molecule has 31 heavy (non-hydrogen) atoms. The summed E-state index contributed by atoms with van der Waals surface area (Å²) in [6, 6.07) is 13.8. The van der Waals surface area contributed by atoms with Crippen LogP contribution in [0.15, 0.2) is 60.0 Å². The van der Waals surface area contributed by atoms with Crippen molar-refractivity contribution < 1.29 is 14.6 Å².